The van der Waals surface area contributed by atoms with Crippen molar-refractivity contribution < 1.29 is 4.74 Å². The molecule has 0 bridgehead atoms. The monoisotopic (exact) mass is 248 g/mol. The molecule has 19 heavy (non-hydrogen) atoms. The quantitative estimate of drug-likeness (QED) is 0.706. The first-order valence-corrected chi connectivity index (χ1v) is 6.52. The first-order valence-electron chi connectivity index (χ1n) is 6.52. The third kappa shape index (κ3) is 2.39. The summed E-state index contributed by atoms with van der Waals surface area (Å²) in [5.74, 6) is 0. The molecule has 1 aliphatic heterocycles. The van der Waals surface area contributed by atoms with Crippen molar-refractivity contribution in [3.63, 3.8) is 0 Å². The number of rotatable bonds is 2. The lowest BCUT2D eigenvalue weighted by molar-refractivity contribution is 0.0516. The molecule has 1 aliphatic rings. The van der Waals surface area contributed by atoms with E-state index in [2.05, 4.69) is 36.6 Å². The van der Waals surface area contributed by atoms with Gasteiger partial charge >= 0.3 is 0 Å². The van der Waals surface area contributed by atoms with Crippen LogP contribution in [0.5, 0.6) is 0 Å². The van der Waals surface area contributed by atoms with Gasteiger partial charge in [-0.3, -0.25) is 0 Å². The van der Waals surface area contributed by atoms with Gasteiger partial charge in [0.2, 0.25) is 0 Å². The van der Waals surface area contributed by atoms with E-state index in [0.717, 1.165) is 12.0 Å². The van der Waals surface area contributed by atoms with Gasteiger partial charge in [-0.05, 0) is 11.1 Å². The van der Waals surface area contributed by atoms with Crippen LogP contribution in [-0.4, -0.2) is 0 Å². The van der Waals surface area contributed by atoms with Crippen molar-refractivity contribution in [2.24, 2.45) is 0 Å². The Balaban J connectivity index is 1.90. The van der Waals surface area contributed by atoms with Gasteiger partial charge in [0.15, 0.2) is 0 Å². The molecule has 1 nitrogen and oxygen atoms in total. The van der Waals surface area contributed by atoms with Gasteiger partial charge in [0, 0.05) is 12.0 Å². The second kappa shape index (κ2) is 5.27. The zero-order chi connectivity index (χ0) is 13.1. The molecule has 0 spiro atoms. The Kier molecular flexibility index (Phi) is 3.33. The van der Waals surface area contributed by atoms with Gasteiger partial charge in [-0.25, -0.2) is 0 Å². The van der Waals surface area contributed by atoms with E-state index >= 15 is 0 Å². The molecule has 0 unspecified atom stereocenters. The first kappa shape index (κ1) is 12.0. The van der Waals surface area contributed by atoms with Crippen LogP contribution in [0.15, 0.2) is 78.5 Å². The average Bonchev–Trinajstić information content (AvgIpc) is 2.93. The van der Waals surface area contributed by atoms with Crippen molar-refractivity contribution in [2.45, 2.75) is 18.6 Å². The van der Waals surface area contributed by atoms with Gasteiger partial charge in [-0.2, -0.15) is 0 Å². The molecule has 94 valence electrons. The van der Waals surface area contributed by atoms with Crippen LogP contribution in [0.25, 0.3) is 0 Å². The fraction of sp³-hybridized carbons (Fsp3) is 0.167. The highest BCUT2D eigenvalue weighted by Gasteiger charge is 2.31. The third-order valence-electron chi connectivity index (χ3n) is 3.52. The van der Waals surface area contributed by atoms with Crippen LogP contribution in [0, 0.1) is 0 Å². The van der Waals surface area contributed by atoms with Gasteiger partial charge in [0.05, 0.1) is 6.10 Å². The molecule has 2 aromatic carbocycles. The van der Waals surface area contributed by atoms with E-state index in [-0.39, 0.29) is 12.2 Å². The minimum absolute atomic E-state index is 0.0103. The minimum atomic E-state index is -0.0103. The predicted octanol–water partition coefficient (Wildman–Crippen LogP) is 4.60. The van der Waals surface area contributed by atoms with E-state index in [1.165, 1.54) is 11.1 Å². The van der Waals surface area contributed by atoms with Crippen molar-refractivity contribution >= 4 is 0 Å². The second-order valence-corrected chi connectivity index (χ2v) is 4.73. The summed E-state index contributed by atoms with van der Waals surface area (Å²) in [5.41, 5.74) is 6.58. The van der Waals surface area contributed by atoms with Crippen LogP contribution in [0.4, 0.5) is 0 Å². The largest absolute Gasteiger partial charge is 0.360 e. The maximum atomic E-state index is 6.20. The minimum Gasteiger partial charge on any atom is -0.360 e. The Morgan fingerprint density at radius 3 is 2.05 bits per heavy atom. The average molecular weight is 248 g/mol. The molecule has 0 saturated carbocycles. The van der Waals surface area contributed by atoms with E-state index in [1.54, 1.807) is 0 Å². The molecule has 0 radical (unpaired) electrons. The number of hydrogen-bond acceptors (Lipinski definition) is 1. The highest BCUT2D eigenvalue weighted by Crippen LogP contribution is 2.43. The van der Waals surface area contributed by atoms with Gasteiger partial charge in [0.25, 0.3) is 0 Å². The van der Waals surface area contributed by atoms with Crippen molar-refractivity contribution in [1.29, 1.82) is 0 Å². The number of benzene rings is 2. The molecule has 3 rings (SSSR count). The fourth-order valence-electron chi connectivity index (χ4n) is 2.54. The van der Waals surface area contributed by atoms with Gasteiger partial charge < -0.3 is 4.74 Å². The standard InChI is InChI=1S/C18H16O/c1-2-14-13-17(15-9-5-3-6-10-15)19-18(14)16-11-7-4-8-12-16/h3-12,17-18H,1,13H2/t17-,18+/m0/s1. The maximum absolute atomic E-state index is 6.20. The summed E-state index contributed by atoms with van der Waals surface area (Å²) in [4.78, 5) is 0. The topological polar surface area (TPSA) is 9.23 Å². The zero-order valence-electron chi connectivity index (χ0n) is 10.8. The third-order valence-corrected chi connectivity index (χ3v) is 3.52. The van der Waals surface area contributed by atoms with Crippen LogP contribution in [0.2, 0.25) is 0 Å². The van der Waals surface area contributed by atoms with Crippen molar-refractivity contribution in [3.8, 4) is 0 Å². The van der Waals surface area contributed by atoms with Gasteiger partial charge in [-0.15, -0.1) is 5.73 Å². The first-order chi connectivity index (χ1) is 9.38. The molecule has 1 saturated heterocycles. The van der Waals surface area contributed by atoms with E-state index in [4.69, 9.17) is 4.74 Å². The lowest BCUT2D eigenvalue weighted by Crippen LogP contribution is -1.99. The van der Waals surface area contributed by atoms with Gasteiger partial charge in [0.1, 0.15) is 6.10 Å². The van der Waals surface area contributed by atoms with Crippen LogP contribution in [0.1, 0.15) is 29.8 Å². The highest BCUT2D eigenvalue weighted by atomic mass is 16.5. The summed E-state index contributed by atoms with van der Waals surface area (Å²) in [6.07, 6.45) is 0.965. The predicted molar refractivity (Wildman–Crippen MR) is 76.7 cm³/mol. The second-order valence-electron chi connectivity index (χ2n) is 4.73. The number of ether oxygens (including phenoxy) is 1. The van der Waals surface area contributed by atoms with Crippen LogP contribution < -0.4 is 0 Å². The molecule has 1 heteroatoms. The molecule has 0 aliphatic carbocycles. The van der Waals surface area contributed by atoms with Crippen molar-refractivity contribution in [2.75, 3.05) is 0 Å². The molecule has 1 heterocycles. The molecule has 1 fully saturated rings. The molecular formula is C18H16O. The maximum Gasteiger partial charge on any atom is 0.112 e. The lowest BCUT2D eigenvalue weighted by Gasteiger charge is -2.14. The Labute approximate surface area is 113 Å². The summed E-state index contributed by atoms with van der Waals surface area (Å²) >= 11 is 0. The van der Waals surface area contributed by atoms with Crippen molar-refractivity contribution in [3.05, 3.63) is 89.7 Å². The Morgan fingerprint density at radius 1 is 0.895 bits per heavy atom. The van der Waals surface area contributed by atoms with Crippen LogP contribution >= 0.6 is 0 Å². The smallest absolute Gasteiger partial charge is 0.112 e. The normalized spacial score (nSPS) is 22.2. The summed E-state index contributed by atoms with van der Waals surface area (Å²) < 4.78 is 6.20. The Bertz CT molecular complexity index is 594. The summed E-state index contributed by atoms with van der Waals surface area (Å²) in [6.45, 7) is 3.80. The summed E-state index contributed by atoms with van der Waals surface area (Å²) in [7, 11) is 0. The van der Waals surface area contributed by atoms with Crippen LogP contribution in [-0.2, 0) is 4.74 Å². The molecule has 0 aromatic heterocycles. The van der Waals surface area contributed by atoms with E-state index in [9.17, 15) is 0 Å². The van der Waals surface area contributed by atoms with Crippen molar-refractivity contribution in [1.82, 2.24) is 0 Å². The molecule has 0 N–H and O–H groups in total. The molecular weight excluding hydrogens is 232 g/mol. The van der Waals surface area contributed by atoms with E-state index in [0.29, 0.717) is 0 Å². The Hall–Kier alpha value is -2.08. The summed E-state index contributed by atoms with van der Waals surface area (Å²) in [6, 6.07) is 20.6. The summed E-state index contributed by atoms with van der Waals surface area (Å²) in [5, 5.41) is 0. The number of hydrogen-bond donors (Lipinski definition) is 0. The molecule has 2 aromatic rings. The van der Waals surface area contributed by atoms with E-state index in [1.807, 2.05) is 36.4 Å². The zero-order valence-corrected chi connectivity index (χ0v) is 10.8. The van der Waals surface area contributed by atoms with Gasteiger partial charge in [-0.1, -0.05) is 67.2 Å². The lowest BCUT2D eigenvalue weighted by atomic mass is 9.99. The molecule has 2 atom stereocenters. The molecule has 0 amide bonds. The Morgan fingerprint density at radius 2 is 1.47 bits per heavy atom. The highest BCUT2D eigenvalue weighted by molar-refractivity contribution is 5.31. The van der Waals surface area contributed by atoms with Crippen LogP contribution in [0.3, 0.4) is 0 Å². The van der Waals surface area contributed by atoms with E-state index < -0.39 is 0 Å². The SMILES string of the molecule is C=C=C1C[C@@H](c2ccccc2)O[C@H]1c1ccccc1. The fourth-order valence-corrected chi connectivity index (χ4v) is 2.54.